The zero-order valence-electron chi connectivity index (χ0n) is 20.2. The van der Waals surface area contributed by atoms with Crippen molar-refractivity contribution < 1.29 is 9.47 Å². The topological polar surface area (TPSA) is 89.3 Å². The second-order valence-corrected chi connectivity index (χ2v) is 9.07. The van der Waals surface area contributed by atoms with Crippen molar-refractivity contribution >= 4 is 16.7 Å². The van der Waals surface area contributed by atoms with Gasteiger partial charge in [0.25, 0.3) is 0 Å². The molecule has 3 heterocycles. The molecule has 0 unspecified atom stereocenters. The number of nitrogens with two attached hydrogens (primary N) is 1. The lowest BCUT2D eigenvalue weighted by atomic mass is 9.98. The summed E-state index contributed by atoms with van der Waals surface area (Å²) in [4.78, 5) is 15.6. The third-order valence-electron chi connectivity index (χ3n) is 6.61. The van der Waals surface area contributed by atoms with E-state index in [4.69, 9.17) is 20.2 Å². The summed E-state index contributed by atoms with van der Waals surface area (Å²) in [6, 6.07) is 10.5. The minimum absolute atomic E-state index is 0.235. The van der Waals surface area contributed by atoms with Crippen molar-refractivity contribution in [2.75, 3.05) is 32.2 Å². The lowest BCUT2D eigenvalue weighted by molar-refractivity contribution is 0.394. The zero-order chi connectivity index (χ0) is 23.8. The third kappa shape index (κ3) is 4.07. The van der Waals surface area contributed by atoms with Gasteiger partial charge in [0.1, 0.15) is 17.3 Å². The number of rotatable bonds is 5. The average Bonchev–Trinajstić information content (AvgIpc) is 3.28. The van der Waals surface area contributed by atoms with Gasteiger partial charge in [0, 0.05) is 43.2 Å². The number of methoxy groups -OCH3 is 2. The maximum atomic E-state index is 6.24. The Bertz CT molecular complexity index is 1320. The van der Waals surface area contributed by atoms with Crippen LogP contribution in [-0.2, 0) is 0 Å². The first-order valence-corrected chi connectivity index (χ1v) is 11.7. The van der Waals surface area contributed by atoms with Crippen LogP contribution in [0.4, 0.5) is 5.69 Å². The van der Waals surface area contributed by atoms with E-state index in [9.17, 15) is 0 Å². The van der Waals surface area contributed by atoms with Crippen molar-refractivity contribution in [3.05, 3.63) is 53.9 Å². The van der Waals surface area contributed by atoms with Crippen LogP contribution in [0.25, 0.3) is 33.5 Å². The third-order valence-corrected chi connectivity index (χ3v) is 6.61. The fourth-order valence-corrected chi connectivity index (χ4v) is 4.86. The number of benzene rings is 2. The molecule has 1 aliphatic heterocycles. The standard InChI is InChI=1S/C27H31N5O2/c1-16-9-17(2)25-24(10-16)30-27(31-25)23-15-29-14-22(26(23)32-7-5-19(28)6-8-32)18-11-20(33-3)13-21(12-18)34-4/h9-15,19H,5-8,28H2,1-4H3,(H,30,31). The van der Waals surface area contributed by atoms with E-state index in [-0.39, 0.29) is 6.04 Å². The number of nitrogens with zero attached hydrogens (tertiary/aromatic N) is 3. The Balaban J connectivity index is 1.73. The summed E-state index contributed by atoms with van der Waals surface area (Å²) in [7, 11) is 3.33. The first kappa shape index (κ1) is 22.2. The van der Waals surface area contributed by atoms with E-state index in [2.05, 4.69) is 40.8 Å². The quantitative estimate of drug-likeness (QED) is 0.445. The molecule has 176 valence electrons. The number of fused-ring (bicyclic) bond motifs is 1. The Morgan fingerprint density at radius 3 is 2.29 bits per heavy atom. The monoisotopic (exact) mass is 457 g/mol. The Kier molecular flexibility index (Phi) is 5.87. The van der Waals surface area contributed by atoms with Crippen LogP contribution >= 0.6 is 0 Å². The van der Waals surface area contributed by atoms with Gasteiger partial charge in [-0.15, -0.1) is 0 Å². The second-order valence-electron chi connectivity index (χ2n) is 9.07. The van der Waals surface area contributed by atoms with E-state index in [0.717, 1.165) is 82.2 Å². The van der Waals surface area contributed by atoms with Crippen LogP contribution in [0.2, 0.25) is 0 Å². The number of pyridine rings is 1. The lowest BCUT2D eigenvalue weighted by Gasteiger charge is -2.34. The van der Waals surface area contributed by atoms with Gasteiger partial charge in [0.05, 0.1) is 36.5 Å². The van der Waals surface area contributed by atoms with Gasteiger partial charge in [-0.2, -0.15) is 0 Å². The molecule has 0 saturated carbocycles. The van der Waals surface area contributed by atoms with Crippen LogP contribution in [0.3, 0.4) is 0 Å². The molecule has 1 aliphatic rings. The number of anilines is 1. The molecule has 34 heavy (non-hydrogen) atoms. The minimum Gasteiger partial charge on any atom is -0.497 e. The van der Waals surface area contributed by atoms with Crippen molar-refractivity contribution in [2.45, 2.75) is 32.7 Å². The summed E-state index contributed by atoms with van der Waals surface area (Å²) < 4.78 is 11.1. The van der Waals surface area contributed by atoms with E-state index in [0.29, 0.717) is 0 Å². The number of nitrogens with one attached hydrogen (secondary N) is 1. The maximum Gasteiger partial charge on any atom is 0.142 e. The number of imidazole rings is 1. The first-order chi connectivity index (χ1) is 16.5. The van der Waals surface area contributed by atoms with Gasteiger partial charge in [0.2, 0.25) is 0 Å². The molecule has 1 saturated heterocycles. The molecule has 3 N–H and O–H groups in total. The largest absolute Gasteiger partial charge is 0.497 e. The Morgan fingerprint density at radius 2 is 1.62 bits per heavy atom. The fourth-order valence-electron chi connectivity index (χ4n) is 4.86. The Hall–Kier alpha value is -3.58. The zero-order valence-corrected chi connectivity index (χ0v) is 20.2. The number of H-pyrrole nitrogens is 1. The molecule has 4 aromatic rings. The highest BCUT2D eigenvalue weighted by atomic mass is 16.5. The molecule has 0 bridgehead atoms. The molecular weight excluding hydrogens is 426 g/mol. The molecule has 0 atom stereocenters. The molecule has 0 radical (unpaired) electrons. The van der Waals surface area contributed by atoms with Gasteiger partial charge >= 0.3 is 0 Å². The molecule has 5 rings (SSSR count). The fraction of sp³-hybridized carbons (Fsp3) is 0.333. The number of ether oxygens (including phenoxy) is 2. The second kappa shape index (κ2) is 8.99. The highest BCUT2D eigenvalue weighted by molar-refractivity contribution is 5.92. The molecule has 0 amide bonds. The number of piperidine rings is 1. The summed E-state index contributed by atoms with van der Waals surface area (Å²) in [5.74, 6) is 2.29. The Labute approximate surface area is 199 Å². The lowest BCUT2D eigenvalue weighted by Crippen LogP contribution is -2.40. The molecular formula is C27H31N5O2. The van der Waals surface area contributed by atoms with Crippen molar-refractivity contribution in [1.82, 2.24) is 15.0 Å². The van der Waals surface area contributed by atoms with E-state index < -0.39 is 0 Å². The average molecular weight is 458 g/mol. The highest BCUT2D eigenvalue weighted by Gasteiger charge is 2.25. The van der Waals surface area contributed by atoms with Crippen LogP contribution in [0.15, 0.2) is 42.7 Å². The van der Waals surface area contributed by atoms with E-state index in [1.165, 1.54) is 5.56 Å². The van der Waals surface area contributed by atoms with Gasteiger partial charge in [0.15, 0.2) is 0 Å². The molecule has 7 heteroatoms. The van der Waals surface area contributed by atoms with Crippen LogP contribution in [0.1, 0.15) is 24.0 Å². The van der Waals surface area contributed by atoms with Crippen molar-refractivity contribution in [3.63, 3.8) is 0 Å². The van der Waals surface area contributed by atoms with Crippen LogP contribution < -0.4 is 20.1 Å². The van der Waals surface area contributed by atoms with Crippen molar-refractivity contribution in [2.24, 2.45) is 5.73 Å². The van der Waals surface area contributed by atoms with Crippen molar-refractivity contribution in [1.29, 1.82) is 0 Å². The first-order valence-electron chi connectivity index (χ1n) is 11.7. The number of aromatic amines is 1. The molecule has 7 nitrogen and oxygen atoms in total. The summed E-state index contributed by atoms with van der Waals surface area (Å²) in [6.45, 7) is 5.97. The van der Waals surface area contributed by atoms with Crippen LogP contribution in [0.5, 0.6) is 11.5 Å². The summed E-state index contributed by atoms with van der Waals surface area (Å²) in [5, 5.41) is 0. The number of hydrogen-bond donors (Lipinski definition) is 2. The van der Waals surface area contributed by atoms with Crippen molar-refractivity contribution in [3.8, 4) is 34.0 Å². The van der Waals surface area contributed by atoms with Crippen LogP contribution in [0, 0.1) is 13.8 Å². The minimum atomic E-state index is 0.235. The summed E-state index contributed by atoms with van der Waals surface area (Å²) in [6.07, 6.45) is 5.71. The summed E-state index contributed by atoms with van der Waals surface area (Å²) in [5.41, 5.74) is 14.7. The van der Waals surface area contributed by atoms with Gasteiger partial charge in [-0.1, -0.05) is 6.07 Å². The summed E-state index contributed by atoms with van der Waals surface area (Å²) >= 11 is 0. The van der Waals surface area contributed by atoms with Gasteiger partial charge in [-0.05, 0) is 61.6 Å². The molecule has 2 aromatic carbocycles. The van der Waals surface area contributed by atoms with E-state index in [1.54, 1.807) is 14.2 Å². The number of aryl methyl sites for hydroxylation is 2. The van der Waals surface area contributed by atoms with Gasteiger partial charge in [-0.25, -0.2) is 4.98 Å². The van der Waals surface area contributed by atoms with E-state index >= 15 is 0 Å². The Morgan fingerprint density at radius 1 is 0.941 bits per heavy atom. The number of hydrogen-bond acceptors (Lipinski definition) is 6. The maximum absolute atomic E-state index is 6.24. The normalized spacial score (nSPS) is 14.6. The van der Waals surface area contributed by atoms with Gasteiger partial charge < -0.3 is 25.1 Å². The predicted molar refractivity (Wildman–Crippen MR) is 137 cm³/mol. The van der Waals surface area contributed by atoms with Crippen LogP contribution in [-0.4, -0.2) is 48.3 Å². The SMILES string of the molecule is COc1cc(OC)cc(-c2cncc(-c3nc4c(C)cc(C)cc4[nH]3)c2N2CCC(N)CC2)c1. The smallest absolute Gasteiger partial charge is 0.142 e. The number of aromatic nitrogens is 3. The highest BCUT2D eigenvalue weighted by Crippen LogP contribution is 2.41. The molecule has 0 spiro atoms. The van der Waals surface area contributed by atoms with E-state index in [1.807, 2.05) is 30.6 Å². The predicted octanol–water partition coefficient (Wildman–Crippen LogP) is 4.85. The van der Waals surface area contributed by atoms with Gasteiger partial charge in [-0.3, -0.25) is 4.98 Å². The molecule has 2 aromatic heterocycles. The molecule has 1 fully saturated rings. The molecule has 0 aliphatic carbocycles.